The predicted molar refractivity (Wildman–Crippen MR) is 103 cm³/mol. The van der Waals surface area contributed by atoms with E-state index in [2.05, 4.69) is 20.9 Å². The van der Waals surface area contributed by atoms with Crippen LogP contribution in [0.3, 0.4) is 0 Å². The van der Waals surface area contributed by atoms with Crippen molar-refractivity contribution >= 4 is 18.0 Å². The van der Waals surface area contributed by atoms with E-state index in [1.807, 2.05) is 20.8 Å². The van der Waals surface area contributed by atoms with Gasteiger partial charge < -0.3 is 25.6 Å². The topological polar surface area (TPSA) is 95.1 Å². The fourth-order valence-electron chi connectivity index (χ4n) is 3.13. The first-order valence-corrected chi connectivity index (χ1v) is 9.23. The Morgan fingerprint density at radius 2 is 1.65 bits per heavy atom. The number of rotatable bonds is 6. The molecule has 1 rings (SSSR count). The van der Waals surface area contributed by atoms with E-state index in [1.54, 1.807) is 26.0 Å². The summed E-state index contributed by atoms with van der Waals surface area (Å²) in [5, 5.41) is 9.09. The molecule has 1 aliphatic carbocycles. The fourth-order valence-corrected chi connectivity index (χ4v) is 3.13. The molecule has 0 saturated heterocycles. The maximum atomic E-state index is 12.6. The van der Waals surface area contributed by atoms with Crippen molar-refractivity contribution in [3.8, 4) is 0 Å². The van der Waals surface area contributed by atoms with Crippen LogP contribution in [0.25, 0.3) is 0 Å². The molecular formula is C18H35N5O3. The van der Waals surface area contributed by atoms with Crippen LogP contribution >= 0.6 is 0 Å². The Labute approximate surface area is 157 Å². The summed E-state index contributed by atoms with van der Waals surface area (Å²) in [5.41, 5.74) is -0.862. The summed E-state index contributed by atoms with van der Waals surface area (Å²) in [4.78, 5) is 30.0. The smallest absolute Gasteiger partial charge is 0.407 e. The van der Waals surface area contributed by atoms with Crippen LogP contribution in [-0.4, -0.2) is 69.2 Å². The molecule has 0 radical (unpaired) electrons. The van der Waals surface area contributed by atoms with E-state index in [0.29, 0.717) is 25.6 Å². The number of alkyl carbamates (subject to hydrolysis) is 1. The molecule has 3 N–H and O–H groups in total. The molecule has 0 bridgehead atoms. The SMILES string of the molecule is CN=C(NCCNC(=O)OC(C)(C)C)NCC1(C(=O)N(C)C)CCCC1. The van der Waals surface area contributed by atoms with Gasteiger partial charge in [-0.05, 0) is 33.6 Å². The number of carbonyl (C=O) groups excluding carboxylic acids is 2. The van der Waals surface area contributed by atoms with Gasteiger partial charge >= 0.3 is 6.09 Å². The summed E-state index contributed by atoms with van der Waals surface area (Å²) < 4.78 is 5.18. The minimum absolute atomic E-state index is 0.171. The van der Waals surface area contributed by atoms with Crippen LogP contribution < -0.4 is 16.0 Å². The Morgan fingerprint density at radius 3 is 2.15 bits per heavy atom. The van der Waals surface area contributed by atoms with Gasteiger partial charge in [-0.3, -0.25) is 9.79 Å². The molecule has 0 unspecified atom stereocenters. The second-order valence-electron chi connectivity index (χ2n) is 7.97. The summed E-state index contributed by atoms with van der Waals surface area (Å²) >= 11 is 0. The van der Waals surface area contributed by atoms with Gasteiger partial charge in [0, 0.05) is 40.8 Å². The standard InChI is InChI=1S/C18H35N5O3/c1-17(2,3)26-16(25)21-12-11-20-15(19-4)22-13-18(9-7-8-10-18)14(24)23(5)6/h7-13H2,1-6H3,(H,21,25)(H2,19,20,22). The zero-order valence-corrected chi connectivity index (χ0v) is 17.1. The van der Waals surface area contributed by atoms with Gasteiger partial charge in [0.25, 0.3) is 0 Å². The van der Waals surface area contributed by atoms with Gasteiger partial charge in [-0.25, -0.2) is 4.79 Å². The first-order valence-electron chi connectivity index (χ1n) is 9.23. The summed E-state index contributed by atoms with van der Waals surface area (Å²) in [6.07, 6.45) is 3.51. The second kappa shape index (κ2) is 9.64. The Morgan fingerprint density at radius 1 is 1.08 bits per heavy atom. The van der Waals surface area contributed by atoms with E-state index in [-0.39, 0.29) is 11.3 Å². The van der Waals surface area contributed by atoms with E-state index >= 15 is 0 Å². The average Bonchev–Trinajstić information content (AvgIpc) is 3.01. The van der Waals surface area contributed by atoms with Gasteiger partial charge in [0.05, 0.1) is 5.41 Å². The van der Waals surface area contributed by atoms with Crippen LogP contribution in [0.5, 0.6) is 0 Å². The molecule has 0 aromatic heterocycles. The lowest BCUT2D eigenvalue weighted by Gasteiger charge is -2.31. The minimum atomic E-state index is -0.510. The van der Waals surface area contributed by atoms with E-state index in [9.17, 15) is 9.59 Å². The number of hydrogen-bond acceptors (Lipinski definition) is 4. The van der Waals surface area contributed by atoms with Crippen LogP contribution in [-0.2, 0) is 9.53 Å². The predicted octanol–water partition coefficient (Wildman–Crippen LogP) is 1.32. The highest BCUT2D eigenvalue weighted by atomic mass is 16.6. The minimum Gasteiger partial charge on any atom is -0.444 e. The highest BCUT2D eigenvalue weighted by molar-refractivity contribution is 5.85. The lowest BCUT2D eigenvalue weighted by Crippen LogP contribution is -2.50. The first-order chi connectivity index (χ1) is 12.1. The number of nitrogens with zero attached hydrogens (tertiary/aromatic N) is 2. The van der Waals surface area contributed by atoms with Gasteiger partial charge in [0.2, 0.25) is 5.91 Å². The van der Waals surface area contributed by atoms with Crippen LogP contribution in [0.2, 0.25) is 0 Å². The summed E-state index contributed by atoms with van der Waals surface area (Å²) in [7, 11) is 5.29. The Kier molecular flexibility index (Phi) is 8.17. The number of guanidine groups is 1. The number of hydrogen-bond donors (Lipinski definition) is 3. The van der Waals surface area contributed by atoms with E-state index in [1.165, 1.54) is 0 Å². The average molecular weight is 370 g/mol. The van der Waals surface area contributed by atoms with Gasteiger partial charge in [0.1, 0.15) is 5.60 Å². The van der Waals surface area contributed by atoms with Gasteiger partial charge in [-0.2, -0.15) is 0 Å². The van der Waals surface area contributed by atoms with Crippen molar-refractivity contribution in [2.75, 3.05) is 40.8 Å². The van der Waals surface area contributed by atoms with Crippen LogP contribution in [0, 0.1) is 5.41 Å². The number of nitrogens with one attached hydrogen (secondary N) is 3. The molecule has 8 nitrogen and oxygen atoms in total. The monoisotopic (exact) mass is 369 g/mol. The summed E-state index contributed by atoms with van der Waals surface area (Å²) in [6, 6.07) is 0. The largest absolute Gasteiger partial charge is 0.444 e. The Bertz CT molecular complexity index is 505. The zero-order chi connectivity index (χ0) is 19.8. The lowest BCUT2D eigenvalue weighted by molar-refractivity contribution is -0.138. The van der Waals surface area contributed by atoms with Crippen molar-refractivity contribution in [3.05, 3.63) is 0 Å². The molecule has 0 heterocycles. The molecular weight excluding hydrogens is 334 g/mol. The Balaban J connectivity index is 2.41. The third-order valence-corrected chi connectivity index (χ3v) is 4.32. The van der Waals surface area contributed by atoms with Crippen molar-refractivity contribution in [3.63, 3.8) is 0 Å². The molecule has 1 saturated carbocycles. The van der Waals surface area contributed by atoms with Crippen LogP contribution in [0.1, 0.15) is 46.5 Å². The van der Waals surface area contributed by atoms with Crippen molar-refractivity contribution in [1.82, 2.24) is 20.9 Å². The third kappa shape index (κ3) is 7.09. The molecule has 0 aromatic carbocycles. The summed E-state index contributed by atoms with van der Waals surface area (Å²) in [5.74, 6) is 0.790. The lowest BCUT2D eigenvalue weighted by atomic mass is 9.84. The molecule has 26 heavy (non-hydrogen) atoms. The van der Waals surface area contributed by atoms with Gasteiger partial charge in [-0.15, -0.1) is 0 Å². The van der Waals surface area contributed by atoms with Crippen molar-refractivity contribution in [2.45, 2.75) is 52.1 Å². The molecule has 2 amide bonds. The molecule has 150 valence electrons. The van der Waals surface area contributed by atoms with Gasteiger partial charge in [-0.1, -0.05) is 12.8 Å². The number of ether oxygens (including phenoxy) is 1. The van der Waals surface area contributed by atoms with Crippen LogP contribution in [0.15, 0.2) is 4.99 Å². The van der Waals surface area contributed by atoms with Crippen molar-refractivity contribution in [2.24, 2.45) is 10.4 Å². The molecule has 0 aliphatic heterocycles. The second-order valence-corrected chi connectivity index (χ2v) is 7.97. The van der Waals surface area contributed by atoms with E-state index < -0.39 is 11.7 Å². The fraction of sp³-hybridized carbons (Fsp3) is 0.833. The highest BCUT2D eigenvalue weighted by Gasteiger charge is 2.42. The number of amides is 2. The van der Waals surface area contributed by atoms with Crippen LogP contribution in [0.4, 0.5) is 4.79 Å². The summed E-state index contributed by atoms with van der Waals surface area (Å²) in [6.45, 7) is 6.95. The number of carbonyl (C=O) groups is 2. The molecule has 1 aliphatic rings. The van der Waals surface area contributed by atoms with Crippen molar-refractivity contribution in [1.29, 1.82) is 0 Å². The van der Waals surface area contributed by atoms with E-state index in [0.717, 1.165) is 25.7 Å². The zero-order valence-electron chi connectivity index (χ0n) is 17.1. The first kappa shape index (κ1) is 22.1. The maximum Gasteiger partial charge on any atom is 0.407 e. The molecule has 8 heteroatoms. The Hall–Kier alpha value is -1.99. The molecule has 0 atom stereocenters. The van der Waals surface area contributed by atoms with E-state index in [4.69, 9.17) is 4.74 Å². The maximum absolute atomic E-state index is 12.6. The van der Waals surface area contributed by atoms with Gasteiger partial charge in [0.15, 0.2) is 5.96 Å². The molecule has 0 aromatic rings. The molecule has 0 spiro atoms. The highest BCUT2D eigenvalue weighted by Crippen LogP contribution is 2.38. The quantitative estimate of drug-likeness (QED) is 0.373. The molecule has 1 fully saturated rings. The number of aliphatic imine (C=N–C) groups is 1. The normalized spacial score (nSPS) is 16.8. The third-order valence-electron chi connectivity index (χ3n) is 4.32. The van der Waals surface area contributed by atoms with Crippen molar-refractivity contribution < 1.29 is 14.3 Å².